The molecule has 0 fully saturated rings. The van der Waals surface area contributed by atoms with Gasteiger partial charge in [0.2, 0.25) is 0 Å². The number of pyridine rings is 1. The molecule has 2 heteroatoms. The highest BCUT2D eigenvalue weighted by Crippen LogP contribution is 2.26. The molecule has 2 aliphatic rings. The van der Waals surface area contributed by atoms with E-state index in [0.29, 0.717) is 0 Å². The van der Waals surface area contributed by atoms with Crippen molar-refractivity contribution in [3.05, 3.63) is 58.8 Å². The van der Waals surface area contributed by atoms with E-state index in [1.807, 2.05) is 30.3 Å². The van der Waals surface area contributed by atoms with E-state index in [1.54, 1.807) is 6.07 Å². The van der Waals surface area contributed by atoms with Crippen LogP contribution >= 0.6 is 0 Å². The van der Waals surface area contributed by atoms with E-state index >= 15 is 0 Å². The first-order chi connectivity index (χ1) is 8.81. The van der Waals surface area contributed by atoms with Gasteiger partial charge in [0, 0.05) is 17.6 Å². The first-order valence-electron chi connectivity index (χ1n) is 6.32. The minimum atomic E-state index is 0.100. The van der Waals surface area contributed by atoms with Crippen molar-refractivity contribution in [2.75, 3.05) is 0 Å². The summed E-state index contributed by atoms with van der Waals surface area (Å²) in [6, 6.07) is 15.7. The molecular weight excluding hydrogens is 222 g/mol. The van der Waals surface area contributed by atoms with Crippen LogP contribution in [-0.4, -0.2) is 4.57 Å². The van der Waals surface area contributed by atoms with E-state index in [9.17, 15) is 4.79 Å². The normalized spacial score (nSPS) is 11.2. The fourth-order valence-electron chi connectivity index (χ4n) is 2.52. The zero-order chi connectivity index (χ0) is 12.5. The third-order valence-electron chi connectivity index (χ3n) is 3.31. The molecule has 0 aromatic heterocycles. The molecule has 0 N–H and O–H groups in total. The van der Waals surface area contributed by atoms with Crippen molar-refractivity contribution in [1.29, 1.82) is 0 Å². The van der Waals surface area contributed by atoms with Gasteiger partial charge in [-0.05, 0) is 36.1 Å². The minimum absolute atomic E-state index is 0.100. The molecule has 3 rings (SSSR count). The van der Waals surface area contributed by atoms with Crippen LogP contribution in [0, 0.1) is 0 Å². The topological polar surface area (TPSA) is 22.0 Å². The first kappa shape index (κ1) is 11.0. The second kappa shape index (κ2) is 4.30. The average molecular weight is 237 g/mol. The van der Waals surface area contributed by atoms with Gasteiger partial charge in [0.1, 0.15) is 0 Å². The Bertz CT molecular complexity index is 727. The summed E-state index contributed by atoms with van der Waals surface area (Å²) in [5, 5.41) is 1.13. The summed E-state index contributed by atoms with van der Waals surface area (Å²) in [6.07, 6.45) is 1.05. The third kappa shape index (κ3) is 1.61. The predicted octanol–water partition coefficient (Wildman–Crippen LogP) is 3.52. The highest BCUT2D eigenvalue weighted by atomic mass is 16.1. The molecule has 0 bridgehead atoms. The second-order valence-electron chi connectivity index (χ2n) is 4.54. The molecule has 0 unspecified atom stereocenters. The summed E-state index contributed by atoms with van der Waals surface area (Å²) in [5.41, 5.74) is 3.13. The lowest BCUT2D eigenvalue weighted by Crippen LogP contribution is -2.12. The smallest absolute Gasteiger partial charge is 0.187 e. The highest BCUT2D eigenvalue weighted by Gasteiger charge is 2.11. The maximum absolute atomic E-state index is 12.0. The standard InChI is InChI=1S/C16H15NO/c1-2-10-17-14-7-4-3-6-12(14)11-13-15(17)8-5-9-16(13)18/h3-9,11H,2,10H2,1H3. The van der Waals surface area contributed by atoms with Crippen LogP contribution in [0.2, 0.25) is 0 Å². The molecule has 0 saturated heterocycles. The molecule has 0 atom stereocenters. The molecule has 0 spiro atoms. The van der Waals surface area contributed by atoms with E-state index in [4.69, 9.17) is 0 Å². The Balaban J connectivity index is 2.49. The van der Waals surface area contributed by atoms with Crippen molar-refractivity contribution in [2.24, 2.45) is 0 Å². The quantitative estimate of drug-likeness (QED) is 0.625. The maximum atomic E-state index is 12.0. The molecule has 1 heterocycles. The summed E-state index contributed by atoms with van der Waals surface area (Å²) in [6.45, 7) is 3.09. The number of nitrogens with zero attached hydrogens (tertiary/aromatic N) is 1. The van der Waals surface area contributed by atoms with Crippen molar-refractivity contribution in [3.8, 4) is 11.3 Å². The zero-order valence-corrected chi connectivity index (χ0v) is 10.4. The van der Waals surface area contributed by atoms with Gasteiger partial charge >= 0.3 is 0 Å². The number of hydrogen-bond donors (Lipinski definition) is 0. The Morgan fingerprint density at radius 1 is 1.06 bits per heavy atom. The van der Waals surface area contributed by atoms with Gasteiger partial charge in [-0.1, -0.05) is 31.2 Å². The molecule has 1 aromatic carbocycles. The zero-order valence-electron chi connectivity index (χ0n) is 10.4. The Morgan fingerprint density at radius 2 is 1.89 bits per heavy atom. The molecule has 0 saturated carbocycles. The largest absolute Gasteiger partial charge is 0.340 e. The van der Waals surface area contributed by atoms with E-state index in [0.717, 1.165) is 29.6 Å². The molecule has 0 radical (unpaired) electrons. The lowest BCUT2D eigenvalue weighted by Gasteiger charge is -2.18. The predicted molar refractivity (Wildman–Crippen MR) is 75.1 cm³/mol. The van der Waals surface area contributed by atoms with Gasteiger partial charge in [0.25, 0.3) is 0 Å². The van der Waals surface area contributed by atoms with E-state index in [1.165, 1.54) is 5.52 Å². The van der Waals surface area contributed by atoms with Crippen LogP contribution in [0.3, 0.4) is 0 Å². The maximum Gasteiger partial charge on any atom is 0.187 e. The van der Waals surface area contributed by atoms with Crippen molar-refractivity contribution < 1.29 is 0 Å². The van der Waals surface area contributed by atoms with Gasteiger partial charge < -0.3 is 4.57 Å². The van der Waals surface area contributed by atoms with Gasteiger partial charge in [-0.15, -0.1) is 0 Å². The van der Waals surface area contributed by atoms with Crippen molar-refractivity contribution in [2.45, 2.75) is 19.9 Å². The monoisotopic (exact) mass is 237 g/mol. The summed E-state index contributed by atoms with van der Waals surface area (Å²) >= 11 is 0. The van der Waals surface area contributed by atoms with Crippen molar-refractivity contribution in [1.82, 2.24) is 4.57 Å². The SMILES string of the molecule is CCCn1c2cccc(=O)c-2cc2ccccc21. The van der Waals surface area contributed by atoms with E-state index in [2.05, 4.69) is 23.6 Å². The second-order valence-corrected chi connectivity index (χ2v) is 4.54. The minimum Gasteiger partial charge on any atom is -0.340 e. The number of hydrogen-bond acceptors (Lipinski definition) is 1. The van der Waals surface area contributed by atoms with Gasteiger partial charge in [0.15, 0.2) is 5.43 Å². The molecular formula is C16H15NO. The Morgan fingerprint density at radius 3 is 2.72 bits per heavy atom. The number of rotatable bonds is 2. The molecule has 1 aromatic rings. The summed E-state index contributed by atoms with van der Waals surface area (Å²) < 4.78 is 2.24. The number of benzene rings is 2. The third-order valence-corrected chi connectivity index (χ3v) is 3.31. The molecule has 2 nitrogen and oxygen atoms in total. The Hall–Kier alpha value is -2.09. The summed E-state index contributed by atoms with van der Waals surface area (Å²) in [7, 11) is 0. The summed E-state index contributed by atoms with van der Waals surface area (Å²) in [4.78, 5) is 12.0. The fourth-order valence-corrected chi connectivity index (χ4v) is 2.52. The van der Waals surface area contributed by atoms with Crippen LogP contribution in [0.15, 0.2) is 53.3 Å². The molecule has 1 aliphatic heterocycles. The van der Waals surface area contributed by atoms with Crippen molar-refractivity contribution >= 4 is 10.9 Å². The highest BCUT2D eigenvalue weighted by molar-refractivity contribution is 5.86. The van der Waals surface area contributed by atoms with E-state index in [-0.39, 0.29) is 5.43 Å². The first-order valence-corrected chi connectivity index (χ1v) is 6.32. The average Bonchev–Trinajstić information content (AvgIpc) is 2.40. The molecule has 90 valence electrons. The molecule has 0 amide bonds. The number of fused-ring (bicyclic) bond motifs is 2. The van der Waals surface area contributed by atoms with Crippen LogP contribution in [0.4, 0.5) is 0 Å². The van der Waals surface area contributed by atoms with Gasteiger partial charge in [-0.2, -0.15) is 0 Å². The number of aryl methyl sites for hydroxylation is 1. The molecule has 1 aliphatic carbocycles. The number of para-hydroxylation sites is 1. The van der Waals surface area contributed by atoms with Gasteiger partial charge in [-0.3, -0.25) is 4.79 Å². The lowest BCUT2D eigenvalue weighted by molar-refractivity contribution is 0.704. The van der Waals surface area contributed by atoms with Crippen LogP contribution in [0.1, 0.15) is 13.3 Å². The van der Waals surface area contributed by atoms with Crippen LogP contribution in [0.5, 0.6) is 0 Å². The van der Waals surface area contributed by atoms with Gasteiger partial charge in [-0.25, -0.2) is 0 Å². The van der Waals surface area contributed by atoms with Crippen LogP contribution in [0.25, 0.3) is 22.2 Å². The molecule has 18 heavy (non-hydrogen) atoms. The Labute approximate surface area is 106 Å². The summed E-state index contributed by atoms with van der Waals surface area (Å²) in [5.74, 6) is 0. The van der Waals surface area contributed by atoms with Gasteiger partial charge in [0.05, 0.1) is 5.69 Å². The van der Waals surface area contributed by atoms with Crippen LogP contribution < -0.4 is 5.43 Å². The van der Waals surface area contributed by atoms with E-state index < -0.39 is 0 Å². The fraction of sp³-hybridized carbons (Fsp3) is 0.188. The van der Waals surface area contributed by atoms with Crippen LogP contribution in [-0.2, 0) is 6.54 Å². The Kier molecular flexibility index (Phi) is 2.63. The van der Waals surface area contributed by atoms with Crippen molar-refractivity contribution in [3.63, 3.8) is 0 Å². The number of aromatic nitrogens is 1. The lowest BCUT2D eigenvalue weighted by atomic mass is 10.0.